The molecule has 0 spiro atoms. The van der Waals surface area contributed by atoms with Crippen molar-refractivity contribution in [3.05, 3.63) is 66.3 Å². The number of carbonyl (C=O) groups is 1. The molecule has 1 saturated carbocycles. The summed E-state index contributed by atoms with van der Waals surface area (Å²) in [5.41, 5.74) is 1.43. The lowest BCUT2D eigenvalue weighted by atomic mass is 9.78. The van der Waals surface area contributed by atoms with Crippen molar-refractivity contribution in [3.8, 4) is 11.1 Å². The van der Waals surface area contributed by atoms with Crippen molar-refractivity contribution in [2.45, 2.75) is 25.2 Å². The van der Waals surface area contributed by atoms with Crippen molar-refractivity contribution in [1.82, 2.24) is 19.7 Å². The molecule has 6 rings (SSSR count). The third-order valence-corrected chi connectivity index (χ3v) is 6.50. The van der Waals surface area contributed by atoms with Gasteiger partial charge in [-0.05, 0) is 54.7 Å². The molecule has 174 valence electrons. The summed E-state index contributed by atoms with van der Waals surface area (Å²) in [5.74, 6) is -2.56. The summed E-state index contributed by atoms with van der Waals surface area (Å²) in [4.78, 5) is 21.5. The average molecular weight is 473 g/mol. The number of nitrogens with zero attached hydrogens (tertiary/aromatic N) is 4. The number of rotatable bonds is 4. The second kappa shape index (κ2) is 7.12. The quantitative estimate of drug-likeness (QED) is 0.323. The van der Waals surface area contributed by atoms with E-state index in [1.165, 1.54) is 11.2 Å². The van der Waals surface area contributed by atoms with E-state index >= 15 is 8.78 Å². The molecule has 2 aliphatic rings. The highest BCUT2D eigenvalue weighted by Crippen LogP contribution is 2.55. The number of alkyl halides is 3. The molecule has 2 aromatic carbocycles. The normalized spacial score (nSPS) is 20.7. The van der Waals surface area contributed by atoms with E-state index in [-0.39, 0.29) is 33.2 Å². The Balaban J connectivity index is 1.41. The van der Waals surface area contributed by atoms with E-state index in [0.717, 1.165) is 31.2 Å². The predicted octanol–water partition coefficient (Wildman–Crippen LogP) is 5.30. The smallest absolute Gasteiger partial charge is 0.345 e. The van der Waals surface area contributed by atoms with Gasteiger partial charge >= 0.3 is 6.30 Å². The Hall–Kier alpha value is -3.76. The van der Waals surface area contributed by atoms with Crippen molar-refractivity contribution >= 4 is 22.6 Å². The van der Waals surface area contributed by atoms with Crippen molar-refractivity contribution in [2.75, 3.05) is 4.90 Å². The fourth-order valence-corrected chi connectivity index (χ4v) is 4.74. The maximum absolute atomic E-state index is 15.3. The van der Waals surface area contributed by atoms with Gasteiger partial charge in [0.25, 0.3) is 0 Å². The number of β-lactam (4-membered cyclic amide) rings is 1. The number of benzene rings is 2. The van der Waals surface area contributed by atoms with E-state index < -0.39 is 29.9 Å². The molecule has 1 aliphatic carbocycles. The van der Waals surface area contributed by atoms with Gasteiger partial charge in [0.2, 0.25) is 5.91 Å². The number of carbonyl (C=O) groups excluding carboxylic acids is 1. The molecular weight excluding hydrogens is 457 g/mol. The van der Waals surface area contributed by atoms with E-state index in [0.29, 0.717) is 22.9 Å². The Kier molecular flexibility index (Phi) is 4.36. The zero-order valence-corrected chi connectivity index (χ0v) is 17.4. The van der Waals surface area contributed by atoms with Gasteiger partial charge in [-0.1, -0.05) is 0 Å². The summed E-state index contributed by atoms with van der Waals surface area (Å²) in [7, 11) is 0. The first-order chi connectivity index (χ1) is 16.2. The monoisotopic (exact) mass is 473 g/mol. The summed E-state index contributed by atoms with van der Waals surface area (Å²) < 4.78 is 69.0. The lowest BCUT2D eigenvalue weighted by molar-refractivity contribution is -0.212. The molecule has 1 amide bonds. The van der Waals surface area contributed by atoms with Crippen LogP contribution < -0.4 is 4.90 Å². The molecule has 0 radical (unpaired) electrons. The lowest BCUT2D eigenvalue weighted by Crippen LogP contribution is -2.56. The van der Waals surface area contributed by atoms with Gasteiger partial charge in [-0.25, -0.2) is 13.8 Å². The predicted molar refractivity (Wildman–Crippen MR) is 111 cm³/mol. The highest BCUT2D eigenvalue weighted by Gasteiger charge is 2.56. The number of halogens is 5. The molecule has 3 heterocycles. The van der Waals surface area contributed by atoms with Crippen molar-refractivity contribution in [2.24, 2.45) is 11.8 Å². The summed E-state index contributed by atoms with van der Waals surface area (Å²) in [6.07, 6.45) is -0.0609. The van der Waals surface area contributed by atoms with E-state index in [9.17, 15) is 18.0 Å². The van der Waals surface area contributed by atoms with Gasteiger partial charge in [0.1, 0.15) is 11.6 Å². The number of nitrogens with one attached hydrogen (secondary N) is 1. The topological polar surface area (TPSA) is 66.8 Å². The van der Waals surface area contributed by atoms with Crippen molar-refractivity contribution < 1.29 is 26.7 Å². The minimum absolute atomic E-state index is 0.0492. The fourth-order valence-electron chi connectivity index (χ4n) is 4.74. The van der Waals surface area contributed by atoms with E-state index in [4.69, 9.17) is 0 Å². The standard InChI is InChI=1S/C23H16F5N5O/c24-15-5-12(13-8-31-32(9-13)23(26,27)28)6-16(25)20(15)21-19(11-1-2-11)22(34)33(21)14-3-4-17-18(7-14)30-10-29-17/h3-11,19,21H,1-2H2,(H,29,30)/t19?,21-/m0/s1. The van der Waals surface area contributed by atoms with Crippen LogP contribution in [0, 0.1) is 23.5 Å². The molecule has 1 aliphatic heterocycles. The second-order valence-corrected chi connectivity index (χ2v) is 8.62. The first-order valence-electron chi connectivity index (χ1n) is 10.6. The molecule has 6 nitrogen and oxygen atoms in total. The van der Waals surface area contributed by atoms with Crippen LogP contribution in [-0.4, -0.2) is 25.7 Å². The van der Waals surface area contributed by atoms with Gasteiger partial charge < -0.3 is 9.88 Å². The molecule has 2 fully saturated rings. The fraction of sp³-hybridized carbons (Fsp3) is 0.261. The maximum Gasteiger partial charge on any atom is 0.504 e. The largest absolute Gasteiger partial charge is 0.504 e. The number of aromatic nitrogens is 4. The Morgan fingerprint density at radius 2 is 1.76 bits per heavy atom. The second-order valence-electron chi connectivity index (χ2n) is 8.62. The van der Waals surface area contributed by atoms with Crippen LogP contribution in [0.25, 0.3) is 22.2 Å². The van der Waals surface area contributed by atoms with Gasteiger partial charge in [-0.2, -0.15) is 9.78 Å². The highest BCUT2D eigenvalue weighted by atomic mass is 19.4. The summed E-state index contributed by atoms with van der Waals surface area (Å²) in [6.45, 7) is 0. The summed E-state index contributed by atoms with van der Waals surface area (Å²) in [5, 5.41) is 3.22. The number of hydrogen-bond acceptors (Lipinski definition) is 3. The Morgan fingerprint density at radius 1 is 1.03 bits per heavy atom. The Labute approximate surface area is 189 Å². The van der Waals surface area contributed by atoms with Crippen LogP contribution in [0.1, 0.15) is 24.4 Å². The van der Waals surface area contributed by atoms with Crippen molar-refractivity contribution in [1.29, 1.82) is 0 Å². The van der Waals surface area contributed by atoms with Crippen LogP contribution in [-0.2, 0) is 11.1 Å². The number of anilines is 1. The summed E-state index contributed by atoms with van der Waals surface area (Å²) in [6, 6.07) is 6.20. The van der Waals surface area contributed by atoms with Crippen LogP contribution >= 0.6 is 0 Å². The van der Waals surface area contributed by atoms with Crippen LogP contribution in [0.4, 0.5) is 27.6 Å². The van der Waals surface area contributed by atoms with E-state index in [2.05, 4.69) is 15.1 Å². The molecule has 34 heavy (non-hydrogen) atoms. The third-order valence-electron chi connectivity index (χ3n) is 6.50. The molecule has 11 heteroatoms. The molecule has 1 unspecified atom stereocenters. The number of fused-ring (bicyclic) bond motifs is 1. The van der Waals surface area contributed by atoms with Gasteiger partial charge in [-0.15, -0.1) is 13.2 Å². The van der Waals surface area contributed by atoms with Crippen LogP contribution in [0.3, 0.4) is 0 Å². The minimum atomic E-state index is -4.74. The maximum atomic E-state index is 15.3. The SMILES string of the molecule is O=C1C(C2CC2)[C@@H](c2c(F)cc(-c3cnn(C(F)(F)F)c3)cc2F)N1c1ccc2nc[nH]c2c1. The molecule has 0 bridgehead atoms. The third kappa shape index (κ3) is 3.17. The highest BCUT2D eigenvalue weighted by molar-refractivity contribution is 6.04. The number of imidazole rings is 1. The zero-order chi connectivity index (χ0) is 23.8. The van der Waals surface area contributed by atoms with Crippen molar-refractivity contribution in [3.63, 3.8) is 0 Å². The molecule has 1 saturated heterocycles. The average Bonchev–Trinajstić information content (AvgIpc) is 3.26. The van der Waals surface area contributed by atoms with Gasteiger partial charge in [0.05, 0.1) is 35.5 Å². The van der Waals surface area contributed by atoms with E-state index in [1.807, 2.05) is 0 Å². The molecule has 2 atom stereocenters. The first-order valence-corrected chi connectivity index (χ1v) is 10.6. The first kappa shape index (κ1) is 20.8. The van der Waals surface area contributed by atoms with E-state index in [1.54, 1.807) is 18.2 Å². The lowest BCUT2D eigenvalue weighted by Gasteiger charge is -2.48. The number of hydrogen-bond donors (Lipinski definition) is 1. The summed E-state index contributed by atoms with van der Waals surface area (Å²) >= 11 is 0. The number of amides is 1. The molecule has 2 aromatic heterocycles. The molecule has 4 aromatic rings. The number of H-pyrrole nitrogens is 1. The minimum Gasteiger partial charge on any atom is -0.345 e. The van der Waals surface area contributed by atoms with Crippen LogP contribution in [0.5, 0.6) is 0 Å². The zero-order valence-electron chi connectivity index (χ0n) is 17.4. The molecule has 1 N–H and O–H groups in total. The van der Waals surface area contributed by atoms with Crippen LogP contribution in [0.15, 0.2) is 49.1 Å². The van der Waals surface area contributed by atoms with Gasteiger partial charge in [0, 0.05) is 23.0 Å². The number of aromatic amines is 1. The Bertz CT molecular complexity index is 1410. The molecular formula is C23H16F5N5O. The Morgan fingerprint density at radius 3 is 2.41 bits per heavy atom. The van der Waals surface area contributed by atoms with Gasteiger partial charge in [0.15, 0.2) is 0 Å². The van der Waals surface area contributed by atoms with Crippen LogP contribution in [0.2, 0.25) is 0 Å². The van der Waals surface area contributed by atoms with Gasteiger partial charge in [-0.3, -0.25) is 4.79 Å².